The van der Waals surface area contributed by atoms with E-state index in [2.05, 4.69) is 71.5 Å². The Balaban J connectivity index is 0.000000639. The number of ether oxygens (including phenoxy) is 1. The molecule has 0 radical (unpaired) electrons. The number of fused-ring (bicyclic) bond motifs is 1. The Bertz CT molecular complexity index is 553. The fraction of sp³-hybridized carbons (Fsp3) is 0.429. The normalized spacial score (nSPS) is 9.36. The van der Waals surface area contributed by atoms with Gasteiger partial charge in [-0.1, -0.05) is 83.5 Å². The molecule has 2 aromatic carbocycles. The molecule has 0 atom stereocenters. The lowest BCUT2D eigenvalue weighted by molar-refractivity contribution is 0.186. The molecule has 1 nitrogen and oxygen atoms in total. The van der Waals surface area contributed by atoms with Crippen molar-refractivity contribution in [2.75, 3.05) is 7.11 Å². The minimum atomic E-state index is 0.629. The molecule has 0 spiro atoms. The van der Waals surface area contributed by atoms with E-state index >= 15 is 0 Å². The number of hydrogen-bond donors (Lipinski definition) is 0. The number of methoxy groups -OCH3 is 1. The molecule has 0 bridgehead atoms. The van der Waals surface area contributed by atoms with Crippen molar-refractivity contribution in [2.24, 2.45) is 0 Å². The number of hydrogen-bond acceptors (Lipinski definition) is 1. The molecule has 0 fully saturated rings. The Morgan fingerprint density at radius 1 is 1.05 bits per heavy atom. The van der Waals surface area contributed by atoms with E-state index in [4.69, 9.17) is 4.74 Å². The molecule has 0 saturated carbocycles. The Labute approximate surface area is 137 Å². The molecule has 0 saturated heterocycles. The van der Waals surface area contributed by atoms with Crippen LogP contribution in [-0.2, 0) is 11.3 Å². The van der Waals surface area contributed by atoms with Crippen LogP contribution in [-0.4, -0.2) is 7.11 Å². The molecule has 1 heteroatoms. The van der Waals surface area contributed by atoms with Gasteiger partial charge in [0, 0.05) is 7.11 Å². The zero-order valence-corrected chi connectivity index (χ0v) is 15.2. The zero-order chi connectivity index (χ0) is 17.0. The molecule has 2 rings (SSSR count). The first-order valence-corrected chi connectivity index (χ1v) is 8.23. The van der Waals surface area contributed by atoms with Gasteiger partial charge in [0.15, 0.2) is 0 Å². The monoisotopic (exact) mass is 300 g/mol. The third-order valence-corrected chi connectivity index (χ3v) is 2.90. The van der Waals surface area contributed by atoms with Gasteiger partial charge in [-0.25, -0.2) is 0 Å². The highest BCUT2D eigenvalue weighted by Crippen LogP contribution is 2.27. The molecule has 0 unspecified atom stereocenters. The van der Waals surface area contributed by atoms with Crippen molar-refractivity contribution < 1.29 is 4.74 Å². The number of rotatable bonds is 3. The minimum absolute atomic E-state index is 0.629. The van der Waals surface area contributed by atoms with Crippen molar-refractivity contribution in [1.29, 1.82) is 0 Å². The lowest BCUT2D eigenvalue weighted by atomic mass is 9.95. The zero-order valence-electron chi connectivity index (χ0n) is 15.2. The maximum atomic E-state index is 5.29. The van der Waals surface area contributed by atoms with Gasteiger partial charge in [0.25, 0.3) is 0 Å². The van der Waals surface area contributed by atoms with E-state index in [9.17, 15) is 0 Å². The average molecular weight is 300 g/mol. The molecular weight excluding hydrogens is 268 g/mol. The summed E-state index contributed by atoms with van der Waals surface area (Å²) in [7, 11) is 1.73. The summed E-state index contributed by atoms with van der Waals surface area (Å²) in [6.07, 6.45) is 4.41. The second kappa shape index (κ2) is 12.0. The van der Waals surface area contributed by atoms with E-state index in [-0.39, 0.29) is 0 Å². The standard InChI is InChI=1S/C15H16O.2C3H8/c1-4-13-11(2)9-12-7-5-6-8-14(12)15(13)10-16-3;2*1-3-2/h4-9H,1,10H2,2-3H3;2*3H2,1-2H3. The van der Waals surface area contributed by atoms with Crippen LogP contribution in [0.15, 0.2) is 36.9 Å². The summed E-state index contributed by atoms with van der Waals surface area (Å²) in [6.45, 7) is 15.1. The van der Waals surface area contributed by atoms with Crippen molar-refractivity contribution in [3.8, 4) is 0 Å². The first kappa shape index (κ1) is 20.4. The molecule has 0 aliphatic carbocycles. The van der Waals surface area contributed by atoms with E-state index in [1.807, 2.05) is 6.08 Å². The van der Waals surface area contributed by atoms with Crippen molar-refractivity contribution >= 4 is 16.8 Å². The summed E-state index contributed by atoms with van der Waals surface area (Å²) in [5.41, 5.74) is 3.68. The third kappa shape index (κ3) is 6.03. The third-order valence-electron chi connectivity index (χ3n) is 2.90. The van der Waals surface area contributed by atoms with Gasteiger partial charge >= 0.3 is 0 Å². The van der Waals surface area contributed by atoms with Gasteiger partial charge in [-0.2, -0.15) is 0 Å². The van der Waals surface area contributed by atoms with Crippen LogP contribution < -0.4 is 0 Å². The minimum Gasteiger partial charge on any atom is -0.380 e. The van der Waals surface area contributed by atoms with Gasteiger partial charge in [0.1, 0.15) is 0 Å². The van der Waals surface area contributed by atoms with Crippen LogP contribution in [0, 0.1) is 6.92 Å². The van der Waals surface area contributed by atoms with E-state index in [1.54, 1.807) is 7.11 Å². The fourth-order valence-corrected chi connectivity index (χ4v) is 2.18. The van der Waals surface area contributed by atoms with Gasteiger partial charge in [-0.15, -0.1) is 0 Å². The maximum Gasteiger partial charge on any atom is 0.0725 e. The van der Waals surface area contributed by atoms with Crippen molar-refractivity contribution in [3.05, 3.63) is 53.6 Å². The van der Waals surface area contributed by atoms with Crippen LogP contribution in [0.5, 0.6) is 0 Å². The first-order chi connectivity index (χ1) is 10.6. The second-order valence-electron chi connectivity index (χ2n) is 5.36. The predicted molar refractivity (Wildman–Crippen MR) is 101 cm³/mol. The topological polar surface area (TPSA) is 9.23 Å². The Morgan fingerprint density at radius 3 is 2.09 bits per heavy atom. The SMILES string of the molecule is C=Cc1c(C)cc2ccccc2c1COC.CCC.CCC. The molecular formula is C21H32O. The van der Waals surface area contributed by atoms with Crippen LogP contribution in [0.25, 0.3) is 16.8 Å². The lowest BCUT2D eigenvalue weighted by Crippen LogP contribution is -1.96. The summed E-state index contributed by atoms with van der Waals surface area (Å²) in [4.78, 5) is 0. The molecule has 2 aromatic rings. The summed E-state index contributed by atoms with van der Waals surface area (Å²) in [5.74, 6) is 0. The van der Waals surface area contributed by atoms with Crippen LogP contribution in [0.4, 0.5) is 0 Å². The second-order valence-corrected chi connectivity index (χ2v) is 5.36. The Hall–Kier alpha value is -1.60. The number of aryl methyl sites for hydroxylation is 1. The molecule has 0 amide bonds. The van der Waals surface area contributed by atoms with Gasteiger partial charge in [-0.3, -0.25) is 0 Å². The molecule has 22 heavy (non-hydrogen) atoms. The van der Waals surface area contributed by atoms with E-state index in [1.165, 1.54) is 40.3 Å². The van der Waals surface area contributed by atoms with E-state index < -0.39 is 0 Å². The largest absolute Gasteiger partial charge is 0.380 e. The Kier molecular flexibility index (Phi) is 11.1. The molecule has 0 aliphatic heterocycles. The maximum absolute atomic E-state index is 5.29. The van der Waals surface area contributed by atoms with Crippen molar-refractivity contribution in [1.82, 2.24) is 0 Å². The highest BCUT2D eigenvalue weighted by atomic mass is 16.5. The van der Waals surface area contributed by atoms with Crippen LogP contribution in [0.1, 0.15) is 57.2 Å². The van der Waals surface area contributed by atoms with Crippen molar-refractivity contribution in [3.63, 3.8) is 0 Å². The van der Waals surface area contributed by atoms with Crippen LogP contribution in [0.2, 0.25) is 0 Å². The molecule has 0 aliphatic rings. The smallest absolute Gasteiger partial charge is 0.0725 e. The highest BCUT2D eigenvalue weighted by molar-refractivity contribution is 5.89. The molecule has 0 heterocycles. The van der Waals surface area contributed by atoms with Crippen LogP contribution >= 0.6 is 0 Å². The van der Waals surface area contributed by atoms with Gasteiger partial charge in [-0.05, 0) is 34.4 Å². The quantitative estimate of drug-likeness (QED) is 0.607. The van der Waals surface area contributed by atoms with Crippen LogP contribution in [0.3, 0.4) is 0 Å². The summed E-state index contributed by atoms with van der Waals surface area (Å²) in [6, 6.07) is 10.6. The molecule has 0 aromatic heterocycles. The van der Waals surface area contributed by atoms with Crippen molar-refractivity contribution in [2.45, 2.75) is 54.1 Å². The highest BCUT2D eigenvalue weighted by Gasteiger charge is 2.07. The van der Waals surface area contributed by atoms with Gasteiger partial charge in [0.05, 0.1) is 6.61 Å². The lowest BCUT2D eigenvalue weighted by Gasteiger charge is -2.12. The summed E-state index contributed by atoms with van der Waals surface area (Å²) >= 11 is 0. The summed E-state index contributed by atoms with van der Waals surface area (Å²) < 4.78 is 5.29. The predicted octanol–water partition coefficient (Wildman–Crippen LogP) is 6.77. The number of benzene rings is 2. The van der Waals surface area contributed by atoms with Gasteiger partial charge < -0.3 is 4.74 Å². The first-order valence-electron chi connectivity index (χ1n) is 8.23. The van der Waals surface area contributed by atoms with E-state index in [0.29, 0.717) is 6.61 Å². The fourth-order valence-electron chi connectivity index (χ4n) is 2.18. The molecule has 122 valence electrons. The van der Waals surface area contributed by atoms with Gasteiger partial charge in [0.2, 0.25) is 0 Å². The molecule has 0 N–H and O–H groups in total. The average Bonchev–Trinajstić information content (AvgIpc) is 2.49. The Morgan fingerprint density at radius 2 is 1.59 bits per heavy atom. The summed E-state index contributed by atoms with van der Waals surface area (Å²) in [5, 5.41) is 2.52. The van der Waals surface area contributed by atoms with E-state index in [0.717, 1.165) is 0 Å².